The van der Waals surface area contributed by atoms with Crippen molar-refractivity contribution in [3.63, 3.8) is 0 Å². The third-order valence-corrected chi connectivity index (χ3v) is 3.28. The Hall–Kier alpha value is -2.46. The highest BCUT2D eigenvalue weighted by Crippen LogP contribution is 2.25. The van der Waals surface area contributed by atoms with Crippen molar-refractivity contribution in [1.82, 2.24) is 9.97 Å². The normalized spacial score (nSPS) is 10.6. The number of rotatable bonds is 3. The number of benzene rings is 2. The van der Waals surface area contributed by atoms with E-state index in [1.165, 1.54) is 6.92 Å². The van der Waals surface area contributed by atoms with Crippen molar-refractivity contribution in [3.05, 3.63) is 59.4 Å². The summed E-state index contributed by atoms with van der Waals surface area (Å²) in [6.45, 7) is 1.54. The minimum atomic E-state index is 0.0178. The monoisotopic (exact) mass is 297 g/mol. The van der Waals surface area contributed by atoms with E-state index >= 15 is 0 Å². The molecule has 5 heteroatoms. The summed E-state index contributed by atoms with van der Waals surface area (Å²) in [5, 5.41) is 4.25. The first-order valence-corrected chi connectivity index (χ1v) is 6.81. The predicted octanol–water partition coefficient (Wildman–Crippen LogP) is 4.23. The first-order chi connectivity index (χ1) is 10.1. The molecule has 2 aromatic carbocycles. The largest absolute Gasteiger partial charge is 0.340 e. The van der Waals surface area contributed by atoms with Gasteiger partial charge in [-0.15, -0.1) is 0 Å². The Morgan fingerprint density at radius 1 is 1.10 bits per heavy atom. The smallest absolute Gasteiger partial charge is 0.224 e. The molecule has 21 heavy (non-hydrogen) atoms. The molecule has 0 saturated heterocycles. The van der Waals surface area contributed by atoms with E-state index in [-0.39, 0.29) is 11.1 Å². The van der Waals surface area contributed by atoms with Gasteiger partial charge in [-0.1, -0.05) is 24.3 Å². The van der Waals surface area contributed by atoms with Crippen LogP contribution in [0.25, 0.3) is 10.9 Å². The van der Waals surface area contributed by atoms with Crippen molar-refractivity contribution in [1.29, 1.82) is 0 Å². The molecule has 0 radical (unpaired) electrons. The van der Waals surface area contributed by atoms with Crippen molar-refractivity contribution < 1.29 is 4.79 Å². The number of carbonyl (C=O) groups is 1. The molecular weight excluding hydrogens is 286 g/mol. The number of hydrogen-bond acceptors (Lipinski definition) is 4. The van der Waals surface area contributed by atoms with E-state index in [2.05, 4.69) is 15.3 Å². The quantitative estimate of drug-likeness (QED) is 0.580. The van der Waals surface area contributed by atoms with Gasteiger partial charge in [0.05, 0.1) is 5.52 Å². The lowest BCUT2D eigenvalue weighted by molar-refractivity contribution is 0.101. The fraction of sp³-hybridized carbons (Fsp3) is 0.0625. The van der Waals surface area contributed by atoms with Crippen LogP contribution in [0.3, 0.4) is 0 Å². The molecule has 104 valence electrons. The number of carbonyl (C=O) groups excluding carboxylic acids is 1. The molecule has 0 fully saturated rings. The molecule has 0 aliphatic heterocycles. The number of halogens is 1. The molecule has 0 saturated carbocycles. The molecule has 0 atom stereocenters. The molecule has 3 aromatic rings. The Morgan fingerprint density at radius 2 is 1.90 bits per heavy atom. The molecule has 3 rings (SSSR count). The number of nitrogens with zero attached hydrogens (tertiary/aromatic N) is 2. The maximum Gasteiger partial charge on any atom is 0.224 e. The summed E-state index contributed by atoms with van der Waals surface area (Å²) in [5.74, 6) is 0.635. The molecule has 1 heterocycles. The van der Waals surface area contributed by atoms with Gasteiger partial charge in [0.15, 0.2) is 5.78 Å². The topological polar surface area (TPSA) is 54.9 Å². The SMILES string of the molecule is CC(=O)c1cccc(Nc2nc(Cl)nc3ccccc23)c1. The summed E-state index contributed by atoms with van der Waals surface area (Å²) in [7, 11) is 0. The number of aromatic nitrogens is 2. The minimum absolute atomic E-state index is 0.0178. The van der Waals surface area contributed by atoms with E-state index in [4.69, 9.17) is 11.6 Å². The fourth-order valence-corrected chi connectivity index (χ4v) is 2.27. The lowest BCUT2D eigenvalue weighted by Crippen LogP contribution is -1.99. The Bertz CT molecular complexity index is 833. The van der Waals surface area contributed by atoms with Gasteiger partial charge in [-0.05, 0) is 42.8 Å². The Kier molecular flexibility index (Phi) is 3.54. The van der Waals surface area contributed by atoms with Crippen LogP contribution in [0.2, 0.25) is 5.28 Å². The molecule has 0 bridgehead atoms. The zero-order chi connectivity index (χ0) is 14.8. The minimum Gasteiger partial charge on any atom is -0.340 e. The summed E-state index contributed by atoms with van der Waals surface area (Å²) in [5.41, 5.74) is 2.19. The summed E-state index contributed by atoms with van der Waals surface area (Å²) in [6, 6.07) is 14.9. The maximum atomic E-state index is 11.4. The fourth-order valence-electron chi connectivity index (χ4n) is 2.10. The highest BCUT2D eigenvalue weighted by Gasteiger charge is 2.07. The number of Topliss-reactive ketones (excluding diaryl/α,β-unsaturated/α-hetero) is 1. The van der Waals surface area contributed by atoms with E-state index < -0.39 is 0 Å². The van der Waals surface area contributed by atoms with Gasteiger partial charge in [0, 0.05) is 16.6 Å². The van der Waals surface area contributed by atoms with Gasteiger partial charge in [-0.3, -0.25) is 4.79 Å². The van der Waals surface area contributed by atoms with E-state index in [0.29, 0.717) is 11.4 Å². The van der Waals surface area contributed by atoms with Crippen LogP contribution in [0.1, 0.15) is 17.3 Å². The average Bonchev–Trinajstić information content (AvgIpc) is 2.47. The summed E-state index contributed by atoms with van der Waals surface area (Å²) >= 11 is 5.96. The Morgan fingerprint density at radius 3 is 2.71 bits per heavy atom. The summed E-state index contributed by atoms with van der Waals surface area (Å²) in [4.78, 5) is 19.9. The van der Waals surface area contributed by atoms with Crippen molar-refractivity contribution in [2.75, 3.05) is 5.32 Å². The van der Waals surface area contributed by atoms with Crippen molar-refractivity contribution in [2.45, 2.75) is 6.92 Å². The molecule has 1 aromatic heterocycles. The van der Waals surface area contributed by atoms with Crippen LogP contribution in [0.15, 0.2) is 48.5 Å². The Labute approximate surface area is 126 Å². The average molecular weight is 298 g/mol. The Balaban J connectivity index is 2.05. The van der Waals surface area contributed by atoms with E-state index in [1.54, 1.807) is 12.1 Å². The third kappa shape index (κ3) is 2.85. The van der Waals surface area contributed by atoms with Crippen LogP contribution in [0, 0.1) is 0 Å². The molecule has 0 aliphatic rings. The van der Waals surface area contributed by atoms with E-state index in [1.807, 2.05) is 36.4 Å². The number of ketones is 1. The van der Waals surface area contributed by atoms with Gasteiger partial charge < -0.3 is 5.32 Å². The van der Waals surface area contributed by atoms with Crippen LogP contribution >= 0.6 is 11.6 Å². The molecule has 0 spiro atoms. The highest BCUT2D eigenvalue weighted by molar-refractivity contribution is 6.28. The maximum absolute atomic E-state index is 11.4. The summed E-state index contributed by atoms with van der Waals surface area (Å²) in [6.07, 6.45) is 0. The second-order valence-corrected chi connectivity index (χ2v) is 4.96. The van der Waals surface area contributed by atoms with E-state index in [9.17, 15) is 4.79 Å². The standard InChI is InChI=1S/C16H12ClN3O/c1-10(21)11-5-4-6-12(9-11)18-15-13-7-2-3-8-14(13)19-16(17)20-15/h2-9H,1H3,(H,18,19,20). The second-order valence-electron chi connectivity index (χ2n) is 4.62. The van der Waals surface area contributed by atoms with Gasteiger partial charge in [-0.25, -0.2) is 4.98 Å². The van der Waals surface area contributed by atoms with Crippen LogP contribution in [0.5, 0.6) is 0 Å². The predicted molar refractivity (Wildman–Crippen MR) is 84.3 cm³/mol. The molecule has 1 N–H and O–H groups in total. The number of para-hydroxylation sites is 1. The zero-order valence-corrected chi connectivity index (χ0v) is 12.1. The zero-order valence-electron chi connectivity index (χ0n) is 11.3. The number of fused-ring (bicyclic) bond motifs is 1. The molecule has 4 nitrogen and oxygen atoms in total. The molecule has 0 aliphatic carbocycles. The van der Waals surface area contributed by atoms with Crippen LogP contribution in [0.4, 0.5) is 11.5 Å². The van der Waals surface area contributed by atoms with Gasteiger partial charge in [0.25, 0.3) is 0 Å². The third-order valence-electron chi connectivity index (χ3n) is 3.11. The molecule has 0 unspecified atom stereocenters. The van der Waals surface area contributed by atoms with Crippen LogP contribution in [-0.4, -0.2) is 15.8 Å². The lowest BCUT2D eigenvalue weighted by atomic mass is 10.1. The summed E-state index contributed by atoms with van der Waals surface area (Å²) < 4.78 is 0. The van der Waals surface area contributed by atoms with Gasteiger partial charge >= 0.3 is 0 Å². The van der Waals surface area contributed by atoms with Gasteiger partial charge in [0.2, 0.25) is 5.28 Å². The van der Waals surface area contributed by atoms with Crippen molar-refractivity contribution in [3.8, 4) is 0 Å². The number of hydrogen-bond donors (Lipinski definition) is 1. The second kappa shape index (κ2) is 5.50. The van der Waals surface area contributed by atoms with Crippen molar-refractivity contribution >= 4 is 39.8 Å². The first-order valence-electron chi connectivity index (χ1n) is 6.44. The van der Waals surface area contributed by atoms with Crippen LogP contribution in [-0.2, 0) is 0 Å². The molecular formula is C16H12ClN3O. The number of nitrogens with one attached hydrogen (secondary N) is 1. The van der Waals surface area contributed by atoms with Gasteiger partial charge in [-0.2, -0.15) is 4.98 Å². The highest BCUT2D eigenvalue weighted by atomic mass is 35.5. The first kappa shape index (κ1) is 13.5. The lowest BCUT2D eigenvalue weighted by Gasteiger charge is -2.09. The number of anilines is 2. The van der Waals surface area contributed by atoms with E-state index in [0.717, 1.165) is 16.6 Å². The molecule has 0 amide bonds. The van der Waals surface area contributed by atoms with Crippen molar-refractivity contribution in [2.24, 2.45) is 0 Å². The van der Waals surface area contributed by atoms with Gasteiger partial charge in [0.1, 0.15) is 5.82 Å². The van der Waals surface area contributed by atoms with Crippen LogP contribution < -0.4 is 5.32 Å².